The van der Waals surface area contributed by atoms with Crippen LogP contribution in [0.5, 0.6) is 0 Å². The number of nitrogens with zero attached hydrogens (tertiary/aromatic N) is 1. The lowest BCUT2D eigenvalue weighted by atomic mass is 9.98. The van der Waals surface area contributed by atoms with E-state index in [4.69, 9.17) is 15.6 Å². The fourth-order valence-electron chi connectivity index (χ4n) is 2.28. The normalized spacial score (nSPS) is 15.1. The summed E-state index contributed by atoms with van der Waals surface area (Å²) in [4.78, 5) is 23.0. The Balaban J connectivity index is 0.000000381. The number of carboxylic acid groups (broad SMARTS) is 1. The van der Waals surface area contributed by atoms with Crippen LogP contribution < -0.4 is 5.73 Å². The second kappa shape index (κ2) is 8.84. The summed E-state index contributed by atoms with van der Waals surface area (Å²) in [5.41, 5.74) is 8.61. The van der Waals surface area contributed by atoms with Gasteiger partial charge in [-0.3, -0.25) is 4.79 Å². The minimum atomic E-state index is -5.08. The van der Waals surface area contributed by atoms with Gasteiger partial charge < -0.3 is 15.7 Å². The average Bonchev–Trinajstić information content (AvgIpc) is 2.53. The van der Waals surface area contributed by atoms with E-state index in [9.17, 15) is 18.0 Å². The lowest BCUT2D eigenvalue weighted by Crippen LogP contribution is -2.40. The molecule has 0 bridgehead atoms. The van der Waals surface area contributed by atoms with E-state index in [1.54, 1.807) is 0 Å². The van der Waals surface area contributed by atoms with Gasteiger partial charge in [0.2, 0.25) is 5.91 Å². The summed E-state index contributed by atoms with van der Waals surface area (Å²) < 4.78 is 31.7. The first kappa shape index (κ1) is 21.0. The highest BCUT2D eigenvalue weighted by molar-refractivity contribution is 5.77. The first-order valence-corrected chi connectivity index (χ1v) is 7.92. The van der Waals surface area contributed by atoms with Gasteiger partial charge in [0.15, 0.2) is 0 Å². The maximum absolute atomic E-state index is 12.2. The molecule has 25 heavy (non-hydrogen) atoms. The molecular formula is C17H23F3N2O3. The third-order valence-electron chi connectivity index (χ3n) is 3.99. The number of fused-ring (bicyclic) bond motifs is 1. The van der Waals surface area contributed by atoms with Gasteiger partial charge in [-0.15, -0.1) is 0 Å². The predicted molar refractivity (Wildman–Crippen MR) is 86.7 cm³/mol. The third-order valence-corrected chi connectivity index (χ3v) is 3.99. The van der Waals surface area contributed by atoms with E-state index in [1.165, 1.54) is 11.1 Å². The number of carbonyl (C=O) groups excluding carboxylic acids is 1. The molecule has 1 aliphatic heterocycles. The van der Waals surface area contributed by atoms with Gasteiger partial charge in [-0.1, -0.05) is 38.1 Å². The molecule has 0 unspecified atom stereocenters. The van der Waals surface area contributed by atoms with E-state index >= 15 is 0 Å². The lowest BCUT2D eigenvalue weighted by Gasteiger charge is -2.30. The van der Waals surface area contributed by atoms with Gasteiger partial charge in [-0.25, -0.2) is 4.79 Å². The zero-order valence-corrected chi connectivity index (χ0v) is 14.2. The van der Waals surface area contributed by atoms with Crippen LogP contribution in [-0.4, -0.2) is 40.6 Å². The number of nitrogens with two attached hydrogens (primary N) is 1. The van der Waals surface area contributed by atoms with Gasteiger partial charge >= 0.3 is 12.1 Å². The van der Waals surface area contributed by atoms with Crippen molar-refractivity contribution in [2.75, 3.05) is 6.54 Å². The highest BCUT2D eigenvalue weighted by Crippen LogP contribution is 2.19. The molecule has 2 rings (SSSR count). The van der Waals surface area contributed by atoms with E-state index in [-0.39, 0.29) is 11.9 Å². The number of hydrogen-bond acceptors (Lipinski definition) is 3. The van der Waals surface area contributed by atoms with E-state index in [2.05, 4.69) is 32.0 Å². The van der Waals surface area contributed by atoms with Gasteiger partial charge in [0.1, 0.15) is 0 Å². The van der Waals surface area contributed by atoms with Gasteiger partial charge in [-0.2, -0.15) is 13.2 Å². The highest BCUT2D eigenvalue weighted by atomic mass is 19.4. The molecular weight excluding hydrogens is 337 g/mol. The molecule has 0 radical (unpaired) electrons. The Morgan fingerprint density at radius 3 is 2.24 bits per heavy atom. The van der Waals surface area contributed by atoms with Crippen LogP contribution >= 0.6 is 0 Å². The topological polar surface area (TPSA) is 83.6 Å². The van der Waals surface area contributed by atoms with Gasteiger partial charge in [0.05, 0.1) is 0 Å². The van der Waals surface area contributed by atoms with Crippen LogP contribution in [0, 0.1) is 5.92 Å². The van der Waals surface area contributed by atoms with E-state index in [0.29, 0.717) is 12.3 Å². The molecule has 0 aromatic heterocycles. The van der Waals surface area contributed by atoms with Crippen molar-refractivity contribution in [3.63, 3.8) is 0 Å². The largest absolute Gasteiger partial charge is 0.490 e. The minimum Gasteiger partial charge on any atom is -0.475 e. The number of benzene rings is 1. The van der Waals surface area contributed by atoms with Crippen molar-refractivity contribution in [2.45, 2.75) is 45.5 Å². The van der Waals surface area contributed by atoms with Crippen molar-refractivity contribution in [3.8, 4) is 0 Å². The summed E-state index contributed by atoms with van der Waals surface area (Å²) in [5, 5.41) is 7.12. The molecule has 0 aliphatic carbocycles. The smallest absolute Gasteiger partial charge is 0.475 e. The zero-order valence-electron chi connectivity index (χ0n) is 14.2. The molecule has 1 atom stereocenters. The van der Waals surface area contributed by atoms with Crippen molar-refractivity contribution < 1.29 is 27.9 Å². The Bertz CT molecular complexity index is 603. The SMILES string of the molecule is CC(C)[C@H](N)CC(=O)N1CCc2ccccc2C1.O=C(O)C(F)(F)F. The molecule has 0 fully saturated rings. The third kappa shape index (κ3) is 6.74. The molecule has 1 aliphatic rings. The summed E-state index contributed by atoms with van der Waals surface area (Å²) in [6.07, 6.45) is -3.67. The number of carboxylic acids is 1. The lowest BCUT2D eigenvalue weighted by molar-refractivity contribution is -0.192. The van der Waals surface area contributed by atoms with Crippen molar-refractivity contribution in [1.82, 2.24) is 4.90 Å². The number of hydrogen-bond donors (Lipinski definition) is 2. The highest BCUT2D eigenvalue weighted by Gasteiger charge is 2.38. The number of rotatable bonds is 3. The summed E-state index contributed by atoms with van der Waals surface area (Å²) in [6.45, 7) is 5.67. The molecule has 1 amide bonds. The molecule has 5 nitrogen and oxygen atoms in total. The van der Waals surface area contributed by atoms with Crippen molar-refractivity contribution in [3.05, 3.63) is 35.4 Å². The van der Waals surface area contributed by atoms with Crippen LogP contribution in [0.15, 0.2) is 24.3 Å². The first-order chi connectivity index (χ1) is 11.5. The maximum atomic E-state index is 12.2. The van der Waals surface area contributed by atoms with Gasteiger partial charge in [0, 0.05) is 25.6 Å². The Hall–Kier alpha value is -2.09. The molecule has 1 aromatic carbocycles. The molecule has 0 spiro atoms. The second-order valence-electron chi connectivity index (χ2n) is 6.25. The Kier molecular flexibility index (Phi) is 7.41. The quantitative estimate of drug-likeness (QED) is 0.868. The minimum absolute atomic E-state index is 0.0327. The zero-order chi connectivity index (χ0) is 19.2. The number of aliphatic carboxylic acids is 1. The van der Waals surface area contributed by atoms with Crippen molar-refractivity contribution >= 4 is 11.9 Å². The summed E-state index contributed by atoms with van der Waals surface area (Å²) >= 11 is 0. The fourth-order valence-corrected chi connectivity index (χ4v) is 2.28. The number of alkyl halides is 3. The average molecular weight is 360 g/mol. The molecule has 0 saturated heterocycles. The van der Waals surface area contributed by atoms with Gasteiger partial charge in [-0.05, 0) is 23.5 Å². The summed E-state index contributed by atoms with van der Waals surface area (Å²) in [7, 11) is 0. The van der Waals surface area contributed by atoms with E-state index < -0.39 is 12.1 Å². The Labute approximate surface area is 144 Å². The Morgan fingerprint density at radius 2 is 1.76 bits per heavy atom. The van der Waals surface area contributed by atoms with E-state index in [1.807, 2.05) is 11.0 Å². The number of amides is 1. The second-order valence-corrected chi connectivity index (χ2v) is 6.25. The van der Waals surface area contributed by atoms with Crippen LogP contribution in [0.2, 0.25) is 0 Å². The Morgan fingerprint density at radius 1 is 1.24 bits per heavy atom. The van der Waals surface area contributed by atoms with Crippen LogP contribution in [0.3, 0.4) is 0 Å². The van der Waals surface area contributed by atoms with E-state index in [0.717, 1.165) is 19.5 Å². The van der Waals surface area contributed by atoms with Crippen LogP contribution in [0.25, 0.3) is 0 Å². The van der Waals surface area contributed by atoms with Crippen LogP contribution in [-0.2, 0) is 22.6 Å². The molecule has 140 valence electrons. The first-order valence-electron chi connectivity index (χ1n) is 7.92. The van der Waals surface area contributed by atoms with Crippen LogP contribution in [0.4, 0.5) is 13.2 Å². The molecule has 3 N–H and O–H groups in total. The van der Waals surface area contributed by atoms with Crippen molar-refractivity contribution in [2.24, 2.45) is 11.7 Å². The predicted octanol–water partition coefficient (Wildman–Crippen LogP) is 2.58. The summed E-state index contributed by atoms with van der Waals surface area (Å²) in [6, 6.07) is 8.32. The standard InChI is InChI=1S/C15H22N2O.C2HF3O2/c1-11(2)14(16)9-15(18)17-8-7-12-5-3-4-6-13(12)10-17;3-2(4,5)1(6)7/h3-6,11,14H,7-10,16H2,1-2H3;(H,6,7)/t14-;/m1./s1. The molecule has 8 heteroatoms. The summed E-state index contributed by atoms with van der Waals surface area (Å²) in [5.74, 6) is -2.22. The molecule has 0 saturated carbocycles. The van der Waals surface area contributed by atoms with Crippen LogP contribution in [0.1, 0.15) is 31.4 Å². The number of carbonyl (C=O) groups is 2. The maximum Gasteiger partial charge on any atom is 0.490 e. The monoisotopic (exact) mass is 360 g/mol. The fraction of sp³-hybridized carbons (Fsp3) is 0.529. The molecule has 1 heterocycles. The number of halogens is 3. The van der Waals surface area contributed by atoms with Gasteiger partial charge in [0.25, 0.3) is 0 Å². The molecule has 1 aromatic rings. The van der Waals surface area contributed by atoms with Crippen molar-refractivity contribution in [1.29, 1.82) is 0 Å².